The molecule has 2 rings (SSSR count). The highest BCUT2D eigenvalue weighted by Gasteiger charge is 2.57. The molecule has 0 saturated heterocycles. The summed E-state index contributed by atoms with van der Waals surface area (Å²) in [6, 6.07) is 0. The number of aliphatic hydroxyl groups is 1. The fourth-order valence-corrected chi connectivity index (χ4v) is 3.14. The maximum absolute atomic E-state index is 12.1. The summed E-state index contributed by atoms with van der Waals surface area (Å²) < 4.78 is 4.93. The molecule has 0 bridgehead atoms. The second-order valence-corrected chi connectivity index (χ2v) is 5.85. The van der Waals surface area contributed by atoms with Gasteiger partial charge in [-0.05, 0) is 31.1 Å². The maximum Gasteiger partial charge on any atom is 0.318 e. The molecule has 3 nitrogen and oxygen atoms in total. The van der Waals surface area contributed by atoms with Crippen molar-refractivity contribution in [2.75, 3.05) is 7.11 Å². The molecule has 3 atom stereocenters. The van der Waals surface area contributed by atoms with Crippen LogP contribution < -0.4 is 0 Å². The number of carbonyl (C=O) groups is 1. The van der Waals surface area contributed by atoms with Crippen molar-refractivity contribution in [3.8, 4) is 0 Å². The molecule has 0 spiro atoms. The third kappa shape index (κ3) is 1.81. The van der Waals surface area contributed by atoms with E-state index in [0.717, 1.165) is 0 Å². The van der Waals surface area contributed by atoms with Crippen LogP contribution in [0, 0.1) is 17.3 Å². The van der Waals surface area contributed by atoms with Crippen molar-refractivity contribution in [2.24, 2.45) is 17.3 Å². The molecule has 0 aliphatic heterocycles. The van der Waals surface area contributed by atoms with Crippen LogP contribution in [-0.2, 0) is 9.53 Å². The number of ether oxygens (including phenoxy) is 1. The summed E-state index contributed by atoms with van der Waals surface area (Å²) in [4.78, 5) is 12.1. The molecule has 0 unspecified atom stereocenters. The van der Waals surface area contributed by atoms with Crippen LogP contribution in [-0.4, -0.2) is 23.8 Å². The highest BCUT2D eigenvalue weighted by molar-refractivity contribution is 5.81. The highest BCUT2D eigenvalue weighted by Crippen LogP contribution is 2.51. The minimum absolute atomic E-state index is 0.319. The van der Waals surface area contributed by atoms with Gasteiger partial charge in [0, 0.05) is 0 Å². The molecule has 2 aliphatic carbocycles. The number of hydrogen-bond donors (Lipinski definition) is 1. The van der Waals surface area contributed by atoms with Gasteiger partial charge in [-0.1, -0.05) is 38.2 Å². The Balaban J connectivity index is 2.43. The summed E-state index contributed by atoms with van der Waals surface area (Å²) in [6.07, 6.45) is 9.57. The zero-order valence-electron chi connectivity index (χ0n) is 11.3. The van der Waals surface area contributed by atoms with Gasteiger partial charge < -0.3 is 9.84 Å². The van der Waals surface area contributed by atoms with E-state index < -0.39 is 11.0 Å². The Hall–Kier alpha value is -1.09. The topological polar surface area (TPSA) is 46.5 Å². The van der Waals surface area contributed by atoms with Crippen molar-refractivity contribution in [1.29, 1.82) is 0 Å². The van der Waals surface area contributed by atoms with Crippen LogP contribution in [0.4, 0.5) is 0 Å². The molecule has 0 amide bonds. The van der Waals surface area contributed by atoms with Crippen LogP contribution in [0.3, 0.4) is 0 Å². The smallest absolute Gasteiger partial charge is 0.318 e. The maximum atomic E-state index is 12.1. The summed E-state index contributed by atoms with van der Waals surface area (Å²) in [5.41, 5.74) is -1.89. The van der Waals surface area contributed by atoms with E-state index in [1.165, 1.54) is 7.11 Å². The van der Waals surface area contributed by atoms with Gasteiger partial charge in [-0.2, -0.15) is 0 Å². The van der Waals surface area contributed by atoms with Gasteiger partial charge in [0.1, 0.15) is 5.41 Å². The number of methoxy groups -OCH3 is 1. The van der Waals surface area contributed by atoms with E-state index in [1.54, 1.807) is 0 Å². The van der Waals surface area contributed by atoms with Gasteiger partial charge in [0.25, 0.3) is 0 Å². The molecule has 0 aromatic carbocycles. The van der Waals surface area contributed by atoms with E-state index in [1.807, 2.05) is 18.2 Å². The molecule has 0 aromatic rings. The lowest BCUT2D eigenvalue weighted by molar-refractivity contribution is -0.170. The van der Waals surface area contributed by atoms with Crippen molar-refractivity contribution in [1.82, 2.24) is 0 Å². The van der Waals surface area contributed by atoms with Crippen molar-refractivity contribution >= 4 is 5.97 Å². The van der Waals surface area contributed by atoms with E-state index in [-0.39, 0.29) is 5.97 Å². The third-order valence-corrected chi connectivity index (χ3v) is 4.50. The third-order valence-electron chi connectivity index (χ3n) is 4.50. The molecule has 0 saturated carbocycles. The predicted octanol–water partition coefficient (Wildman–Crippen LogP) is 2.46. The van der Waals surface area contributed by atoms with E-state index in [0.29, 0.717) is 31.1 Å². The summed E-state index contributed by atoms with van der Waals surface area (Å²) in [5, 5.41) is 11.0. The highest BCUT2D eigenvalue weighted by atomic mass is 16.5. The number of hydrogen-bond acceptors (Lipinski definition) is 3. The van der Waals surface area contributed by atoms with Crippen LogP contribution in [0.15, 0.2) is 24.3 Å². The first-order chi connectivity index (χ1) is 8.45. The minimum atomic E-state index is -1.00. The van der Waals surface area contributed by atoms with Gasteiger partial charge in [-0.3, -0.25) is 4.79 Å². The van der Waals surface area contributed by atoms with E-state index in [9.17, 15) is 9.90 Å². The Labute approximate surface area is 109 Å². The van der Waals surface area contributed by atoms with Crippen molar-refractivity contribution < 1.29 is 14.6 Å². The summed E-state index contributed by atoms with van der Waals surface area (Å²) in [7, 11) is 1.39. The van der Waals surface area contributed by atoms with Crippen LogP contribution in [0.5, 0.6) is 0 Å². The molecule has 0 heterocycles. The van der Waals surface area contributed by atoms with Crippen molar-refractivity contribution in [3.63, 3.8) is 0 Å². The Bertz CT molecular complexity index is 397. The van der Waals surface area contributed by atoms with Crippen LogP contribution in [0.25, 0.3) is 0 Å². The fraction of sp³-hybridized carbons (Fsp3) is 0.667. The minimum Gasteiger partial charge on any atom is -0.468 e. The molecule has 1 N–H and O–H groups in total. The van der Waals surface area contributed by atoms with Gasteiger partial charge >= 0.3 is 5.97 Å². The largest absolute Gasteiger partial charge is 0.468 e. The van der Waals surface area contributed by atoms with Gasteiger partial charge in [0.05, 0.1) is 12.7 Å². The first-order valence-electron chi connectivity index (χ1n) is 6.60. The first kappa shape index (κ1) is 13.3. The lowest BCUT2D eigenvalue weighted by Crippen LogP contribution is -2.56. The lowest BCUT2D eigenvalue weighted by Gasteiger charge is -2.49. The zero-order chi connectivity index (χ0) is 13.4. The average Bonchev–Trinajstić information content (AvgIpc) is 2.36. The first-order valence-corrected chi connectivity index (χ1v) is 6.60. The van der Waals surface area contributed by atoms with E-state index >= 15 is 0 Å². The average molecular weight is 250 g/mol. The predicted molar refractivity (Wildman–Crippen MR) is 69.9 cm³/mol. The van der Waals surface area contributed by atoms with Gasteiger partial charge in [0.2, 0.25) is 0 Å². The second-order valence-electron chi connectivity index (χ2n) is 5.85. The Morgan fingerprint density at radius 2 is 2.06 bits per heavy atom. The van der Waals surface area contributed by atoms with Crippen molar-refractivity contribution in [2.45, 2.75) is 38.7 Å². The van der Waals surface area contributed by atoms with Crippen LogP contribution in [0.2, 0.25) is 0 Å². The Morgan fingerprint density at radius 1 is 1.39 bits per heavy atom. The van der Waals surface area contributed by atoms with E-state index in [2.05, 4.69) is 19.9 Å². The summed E-state index contributed by atoms with van der Waals surface area (Å²) >= 11 is 0. The van der Waals surface area contributed by atoms with E-state index in [4.69, 9.17) is 4.74 Å². The molecule has 3 heteroatoms. The number of carbonyl (C=O) groups excluding carboxylic acids is 1. The molecular formula is C15H22O3. The molecule has 0 aromatic heterocycles. The SMILES string of the molecule is COC(=O)[C@]12C=C[C@H](C(C)C)C[C@]1(O)CC=CC2. The summed E-state index contributed by atoms with van der Waals surface area (Å²) in [5.74, 6) is 0.457. The van der Waals surface area contributed by atoms with Crippen LogP contribution >= 0.6 is 0 Å². The fourth-order valence-electron chi connectivity index (χ4n) is 3.14. The Morgan fingerprint density at radius 3 is 2.67 bits per heavy atom. The standard InChI is InChI=1S/C15H22O3/c1-11(2)12-6-9-14(13(16)18-3)7-4-5-8-15(14,17)10-12/h4-6,9,11-12,17H,7-8,10H2,1-3H3/t12-,14-,15+/m0/s1. The van der Waals surface area contributed by atoms with Gasteiger partial charge in [0.15, 0.2) is 0 Å². The molecular weight excluding hydrogens is 228 g/mol. The molecule has 18 heavy (non-hydrogen) atoms. The lowest BCUT2D eigenvalue weighted by atomic mass is 9.58. The number of rotatable bonds is 2. The molecule has 2 aliphatic rings. The molecule has 100 valence electrons. The van der Waals surface area contributed by atoms with Crippen LogP contribution in [0.1, 0.15) is 33.1 Å². The number of allylic oxidation sites excluding steroid dienone is 2. The Kier molecular flexibility index (Phi) is 3.37. The normalized spacial score (nSPS) is 38.6. The number of fused-ring (bicyclic) bond motifs is 1. The van der Waals surface area contributed by atoms with Gasteiger partial charge in [-0.15, -0.1) is 0 Å². The zero-order valence-corrected chi connectivity index (χ0v) is 11.3. The van der Waals surface area contributed by atoms with Crippen molar-refractivity contribution in [3.05, 3.63) is 24.3 Å². The number of esters is 1. The quantitative estimate of drug-likeness (QED) is 0.605. The molecule has 0 radical (unpaired) electrons. The molecule has 0 fully saturated rings. The summed E-state index contributed by atoms with van der Waals surface area (Å²) in [6.45, 7) is 4.28. The monoisotopic (exact) mass is 250 g/mol. The van der Waals surface area contributed by atoms with Gasteiger partial charge in [-0.25, -0.2) is 0 Å². The second kappa shape index (κ2) is 4.54.